The zero-order valence-electron chi connectivity index (χ0n) is 12.2. The van der Waals surface area contributed by atoms with E-state index in [4.69, 9.17) is 15.0 Å². The van der Waals surface area contributed by atoms with Crippen LogP contribution in [-0.4, -0.2) is 24.4 Å². The molecule has 3 nitrogen and oxygen atoms in total. The van der Waals surface area contributed by atoms with Gasteiger partial charge in [-0.3, -0.25) is 0 Å². The summed E-state index contributed by atoms with van der Waals surface area (Å²) in [6.07, 6.45) is 1.89. The Labute approximate surface area is 115 Å². The van der Waals surface area contributed by atoms with Gasteiger partial charge in [-0.15, -0.1) is 0 Å². The molecule has 0 radical (unpaired) electrons. The van der Waals surface area contributed by atoms with Crippen LogP contribution in [0.4, 0.5) is 0 Å². The second-order valence-corrected chi connectivity index (χ2v) is 6.74. The van der Waals surface area contributed by atoms with Crippen LogP contribution < -0.4 is 11.2 Å². The maximum atomic E-state index is 6.15. The van der Waals surface area contributed by atoms with Crippen LogP contribution in [0.15, 0.2) is 18.2 Å². The van der Waals surface area contributed by atoms with E-state index >= 15 is 0 Å². The number of hydrogen-bond donors (Lipinski definition) is 1. The highest BCUT2D eigenvalue weighted by molar-refractivity contribution is 6.62. The van der Waals surface area contributed by atoms with Crippen LogP contribution in [-0.2, 0) is 22.2 Å². The summed E-state index contributed by atoms with van der Waals surface area (Å²) in [5.74, 6) is 0. The van der Waals surface area contributed by atoms with Crippen molar-refractivity contribution in [3.8, 4) is 0 Å². The Morgan fingerprint density at radius 1 is 1.11 bits per heavy atom. The lowest BCUT2D eigenvalue weighted by molar-refractivity contribution is 0.00578. The number of nitrogens with two attached hydrogens (primary N) is 1. The molecule has 1 fully saturated rings. The fourth-order valence-corrected chi connectivity index (χ4v) is 2.90. The van der Waals surface area contributed by atoms with Gasteiger partial charge in [0, 0.05) is 6.04 Å². The van der Waals surface area contributed by atoms with Crippen molar-refractivity contribution in [3.63, 3.8) is 0 Å². The van der Waals surface area contributed by atoms with Gasteiger partial charge in [0.1, 0.15) is 0 Å². The minimum atomic E-state index is -0.291. The van der Waals surface area contributed by atoms with Crippen LogP contribution in [0, 0.1) is 0 Å². The summed E-state index contributed by atoms with van der Waals surface area (Å²) in [5, 5.41) is 0. The smallest absolute Gasteiger partial charge is 0.399 e. The van der Waals surface area contributed by atoms with E-state index in [0.29, 0.717) is 0 Å². The number of rotatable bonds is 1. The van der Waals surface area contributed by atoms with E-state index in [1.807, 2.05) is 0 Å². The molecule has 0 spiro atoms. The van der Waals surface area contributed by atoms with Gasteiger partial charge < -0.3 is 15.0 Å². The summed E-state index contributed by atoms with van der Waals surface area (Å²) in [6.45, 7) is 8.34. The number of fused-ring (bicyclic) bond motifs is 1. The Hall–Kier alpha value is -0.835. The van der Waals surface area contributed by atoms with Gasteiger partial charge in [-0.2, -0.15) is 0 Å². The molecule has 102 valence electrons. The van der Waals surface area contributed by atoms with Crippen molar-refractivity contribution in [2.45, 2.75) is 57.8 Å². The largest absolute Gasteiger partial charge is 0.495 e. The summed E-state index contributed by atoms with van der Waals surface area (Å²) in [4.78, 5) is 0. The molecule has 3 rings (SSSR count). The Kier molecular flexibility index (Phi) is 2.82. The average molecular weight is 259 g/mol. The Balaban J connectivity index is 1.96. The van der Waals surface area contributed by atoms with E-state index < -0.39 is 0 Å². The second kappa shape index (κ2) is 4.08. The molecule has 1 heterocycles. The van der Waals surface area contributed by atoms with Gasteiger partial charge in [0.05, 0.1) is 11.2 Å². The van der Waals surface area contributed by atoms with Crippen LogP contribution in [0.2, 0.25) is 0 Å². The summed E-state index contributed by atoms with van der Waals surface area (Å²) >= 11 is 0. The molecule has 1 aromatic carbocycles. The van der Waals surface area contributed by atoms with Crippen molar-refractivity contribution in [1.82, 2.24) is 0 Å². The van der Waals surface area contributed by atoms with Gasteiger partial charge in [0.15, 0.2) is 0 Å². The zero-order chi connectivity index (χ0) is 13.8. The van der Waals surface area contributed by atoms with Gasteiger partial charge >= 0.3 is 7.12 Å². The molecule has 1 aliphatic carbocycles. The maximum absolute atomic E-state index is 6.15. The van der Waals surface area contributed by atoms with Crippen molar-refractivity contribution >= 4 is 12.6 Å². The molecule has 2 aliphatic rings. The van der Waals surface area contributed by atoms with Gasteiger partial charge in [0.25, 0.3) is 0 Å². The predicted molar refractivity (Wildman–Crippen MR) is 77.5 cm³/mol. The van der Waals surface area contributed by atoms with Crippen molar-refractivity contribution in [3.05, 3.63) is 29.3 Å². The van der Waals surface area contributed by atoms with Crippen molar-refractivity contribution in [1.29, 1.82) is 0 Å². The first kappa shape index (κ1) is 13.2. The van der Waals surface area contributed by atoms with Crippen molar-refractivity contribution in [2.24, 2.45) is 5.73 Å². The maximum Gasteiger partial charge on any atom is 0.495 e. The minimum absolute atomic E-state index is 0.235. The monoisotopic (exact) mass is 259 g/mol. The molecule has 0 saturated carbocycles. The zero-order valence-corrected chi connectivity index (χ0v) is 12.2. The second-order valence-electron chi connectivity index (χ2n) is 6.74. The van der Waals surface area contributed by atoms with E-state index in [9.17, 15) is 0 Å². The van der Waals surface area contributed by atoms with Gasteiger partial charge in [0.2, 0.25) is 0 Å². The highest BCUT2D eigenvalue weighted by Crippen LogP contribution is 2.37. The quantitative estimate of drug-likeness (QED) is 0.775. The van der Waals surface area contributed by atoms with Gasteiger partial charge in [-0.25, -0.2) is 0 Å². The minimum Gasteiger partial charge on any atom is -0.399 e. The topological polar surface area (TPSA) is 44.5 Å². The van der Waals surface area contributed by atoms with Gasteiger partial charge in [-0.05, 0) is 57.1 Å². The van der Waals surface area contributed by atoms with Crippen LogP contribution >= 0.6 is 0 Å². The fourth-order valence-electron chi connectivity index (χ4n) is 2.90. The van der Waals surface area contributed by atoms with Crippen LogP contribution in [0.1, 0.15) is 38.8 Å². The molecule has 4 heteroatoms. The summed E-state index contributed by atoms with van der Waals surface area (Å²) in [7, 11) is -0.273. The van der Waals surface area contributed by atoms with Crippen molar-refractivity contribution in [2.75, 3.05) is 0 Å². The third-order valence-corrected chi connectivity index (χ3v) is 4.76. The highest BCUT2D eigenvalue weighted by atomic mass is 16.7. The predicted octanol–water partition coefficient (Wildman–Crippen LogP) is 1.41. The number of hydrogen-bond acceptors (Lipinski definition) is 3. The first-order valence-electron chi connectivity index (χ1n) is 7.02. The van der Waals surface area contributed by atoms with E-state index in [0.717, 1.165) is 18.3 Å². The van der Waals surface area contributed by atoms with E-state index in [1.165, 1.54) is 11.1 Å². The lowest BCUT2D eigenvalue weighted by Gasteiger charge is -2.32. The lowest BCUT2D eigenvalue weighted by Crippen LogP contribution is -2.41. The van der Waals surface area contributed by atoms with Crippen molar-refractivity contribution < 1.29 is 9.31 Å². The first-order valence-corrected chi connectivity index (χ1v) is 7.02. The summed E-state index contributed by atoms with van der Waals surface area (Å²) < 4.78 is 12.3. The molecule has 19 heavy (non-hydrogen) atoms. The lowest BCUT2D eigenvalue weighted by atomic mass is 9.75. The fraction of sp³-hybridized carbons (Fsp3) is 0.600. The number of benzene rings is 1. The normalized spacial score (nSPS) is 27.6. The first-order chi connectivity index (χ1) is 8.80. The molecular formula is C15H22BNO2. The molecule has 0 bridgehead atoms. The molecule has 0 aromatic heterocycles. The highest BCUT2D eigenvalue weighted by Gasteiger charge is 2.52. The molecule has 1 saturated heterocycles. The standard InChI is InChI=1S/C15H22BNO2/c1-14(2)15(3,4)19-16(18-14)13-7-5-6-10-8-11(17)9-12(10)13/h5-7,11H,8-9,17H2,1-4H3. The molecule has 1 aromatic rings. The summed E-state index contributed by atoms with van der Waals surface area (Å²) in [6, 6.07) is 6.59. The van der Waals surface area contributed by atoms with Gasteiger partial charge in [-0.1, -0.05) is 18.2 Å². The summed E-state index contributed by atoms with van der Waals surface area (Å²) in [5.41, 5.74) is 9.33. The Morgan fingerprint density at radius 2 is 1.74 bits per heavy atom. The van der Waals surface area contributed by atoms with E-state index in [1.54, 1.807) is 0 Å². The molecule has 1 atom stereocenters. The third kappa shape index (κ3) is 2.02. The average Bonchev–Trinajstić information content (AvgIpc) is 2.75. The SMILES string of the molecule is CC1(C)OB(c2cccc3c2CC(N)C3)OC1(C)C. The molecule has 0 amide bonds. The molecule has 1 unspecified atom stereocenters. The Bertz CT molecular complexity index is 497. The Morgan fingerprint density at radius 3 is 2.37 bits per heavy atom. The molecule has 1 aliphatic heterocycles. The van der Waals surface area contributed by atoms with Crippen LogP contribution in [0.25, 0.3) is 0 Å². The van der Waals surface area contributed by atoms with E-state index in [-0.39, 0.29) is 24.4 Å². The van der Waals surface area contributed by atoms with E-state index in [2.05, 4.69) is 45.9 Å². The van der Waals surface area contributed by atoms with Crippen LogP contribution in [0.5, 0.6) is 0 Å². The third-order valence-electron chi connectivity index (χ3n) is 4.76. The van der Waals surface area contributed by atoms with Crippen LogP contribution in [0.3, 0.4) is 0 Å². The molecule has 2 N–H and O–H groups in total. The molecular weight excluding hydrogens is 237 g/mol.